The lowest BCUT2D eigenvalue weighted by molar-refractivity contribution is -0.0373. The smallest absolute Gasteiger partial charge is 0.287 e. The van der Waals surface area contributed by atoms with Crippen molar-refractivity contribution < 1.29 is 13.9 Å². The zero-order valence-electron chi connectivity index (χ0n) is 11.8. The van der Waals surface area contributed by atoms with Gasteiger partial charge in [0.1, 0.15) is 30.4 Å². The molecule has 8 nitrogen and oxygen atoms in total. The van der Waals surface area contributed by atoms with E-state index >= 15 is 0 Å². The van der Waals surface area contributed by atoms with Gasteiger partial charge in [-0.05, 0) is 0 Å². The van der Waals surface area contributed by atoms with Gasteiger partial charge in [-0.2, -0.15) is 5.10 Å². The molecular weight excluding hydrogens is 308 g/mol. The van der Waals surface area contributed by atoms with E-state index in [1.807, 2.05) is 0 Å². The van der Waals surface area contributed by atoms with Gasteiger partial charge in [-0.3, -0.25) is 5.10 Å². The average Bonchev–Trinajstić information content (AvgIpc) is 3.01. The first-order valence-electron chi connectivity index (χ1n) is 6.66. The molecule has 10 heteroatoms. The Morgan fingerprint density at radius 2 is 1.87 bits per heavy atom. The van der Waals surface area contributed by atoms with E-state index < -0.39 is 19.1 Å². The molecule has 3 heterocycles. The number of fused-ring (bicyclic) bond motifs is 1. The number of hydrogen-bond acceptors (Lipinski definition) is 7. The third-order valence-electron chi connectivity index (χ3n) is 3.01. The van der Waals surface area contributed by atoms with Crippen LogP contribution in [0.2, 0.25) is 0 Å². The molecule has 0 aliphatic heterocycles. The summed E-state index contributed by atoms with van der Waals surface area (Å²) in [6.07, 6.45) is 4.53. The monoisotopic (exact) mass is 321 g/mol. The second-order valence-corrected chi connectivity index (χ2v) is 4.81. The van der Waals surface area contributed by atoms with E-state index in [4.69, 9.17) is 5.11 Å². The Kier molecular flexibility index (Phi) is 3.98. The lowest BCUT2D eigenvalue weighted by Gasteiger charge is -2.14. The summed E-state index contributed by atoms with van der Waals surface area (Å²) in [7, 11) is 0. The lowest BCUT2D eigenvalue weighted by Crippen LogP contribution is -2.31. The van der Waals surface area contributed by atoms with Crippen LogP contribution in [0, 0.1) is 0 Å². The Balaban J connectivity index is 1.71. The standard InChI is InChI=1S/C13H13F2N7O/c14-13(15,6-23)5-17-10-2-12(19-7-18-10)21-11-1-9-8(3-16-11)4-20-22-9/h1-4,7,23H,5-6H2,(H,20,22)(H2,16,17,18,19,21). The predicted octanol–water partition coefficient (Wildman–Crippen LogP) is 1.53. The Morgan fingerprint density at radius 3 is 2.70 bits per heavy atom. The summed E-state index contributed by atoms with van der Waals surface area (Å²) in [6, 6.07) is 3.21. The first-order chi connectivity index (χ1) is 11.1. The molecule has 120 valence electrons. The van der Waals surface area contributed by atoms with Crippen LogP contribution in [0.4, 0.5) is 26.2 Å². The van der Waals surface area contributed by atoms with E-state index in [1.54, 1.807) is 18.5 Å². The van der Waals surface area contributed by atoms with Crippen molar-refractivity contribution in [3.63, 3.8) is 0 Å². The minimum absolute atomic E-state index is 0.207. The molecule has 0 saturated heterocycles. The number of aliphatic hydroxyl groups excluding tert-OH is 1. The van der Waals surface area contributed by atoms with Crippen LogP contribution in [-0.4, -0.2) is 49.3 Å². The molecule has 0 aliphatic carbocycles. The van der Waals surface area contributed by atoms with E-state index in [0.717, 1.165) is 10.9 Å². The van der Waals surface area contributed by atoms with Crippen molar-refractivity contribution in [3.8, 4) is 0 Å². The third kappa shape index (κ3) is 3.66. The fourth-order valence-electron chi connectivity index (χ4n) is 1.83. The van der Waals surface area contributed by atoms with Crippen LogP contribution in [0.15, 0.2) is 30.9 Å². The molecule has 0 unspecified atom stereocenters. The number of nitrogens with one attached hydrogen (secondary N) is 3. The van der Waals surface area contributed by atoms with Crippen molar-refractivity contribution in [2.75, 3.05) is 23.8 Å². The normalized spacial score (nSPS) is 11.6. The first-order valence-corrected chi connectivity index (χ1v) is 6.66. The fraction of sp³-hybridized carbons (Fsp3) is 0.231. The summed E-state index contributed by atoms with van der Waals surface area (Å²) in [5.74, 6) is -2.10. The largest absolute Gasteiger partial charge is 0.390 e. The number of aliphatic hydroxyl groups is 1. The molecule has 0 aromatic carbocycles. The predicted molar refractivity (Wildman–Crippen MR) is 79.7 cm³/mol. The zero-order chi connectivity index (χ0) is 16.3. The van der Waals surface area contributed by atoms with Crippen molar-refractivity contribution in [3.05, 3.63) is 30.9 Å². The topological polar surface area (TPSA) is 112 Å². The van der Waals surface area contributed by atoms with Gasteiger partial charge in [0.05, 0.1) is 18.3 Å². The number of alkyl halides is 2. The third-order valence-corrected chi connectivity index (χ3v) is 3.01. The number of H-pyrrole nitrogens is 1. The summed E-state index contributed by atoms with van der Waals surface area (Å²) >= 11 is 0. The summed E-state index contributed by atoms with van der Waals surface area (Å²) in [5.41, 5.74) is 0.803. The Hall–Kier alpha value is -2.88. The Bertz CT molecular complexity index is 808. The second-order valence-electron chi connectivity index (χ2n) is 4.81. The van der Waals surface area contributed by atoms with Crippen LogP contribution in [0.1, 0.15) is 0 Å². The van der Waals surface area contributed by atoms with Gasteiger partial charge in [-0.25, -0.2) is 23.7 Å². The number of pyridine rings is 1. The highest BCUT2D eigenvalue weighted by atomic mass is 19.3. The number of hydrogen-bond donors (Lipinski definition) is 4. The number of aromatic amines is 1. The van der Waals surface area contributed by atoms with Crippen LogP contribution in [0.5, 0.6) is 0 Å². The van der Waals surface area contributed by atoms with Gasteiger partial charge in [-0.15, -0.1) is 0 Å². The van der Waals surface area contributed by atoms with Crippen molar-refractivity contribution in [2.45, 2.75) is 5.92 Å². The van der Waals surface area contributed by atoms with E-state index in [2.05, 4.69) is 35.8 Å². The molecule has 0 aliphatic rings. The van der Waals surface area contributed by atoms with Gasteiger partial charge in [-0.1, -0.05) is 0 Å². The van der Waals surface area contributed by atoms with Crippen LogP contribution >= 0.6 is 0 Å². The van der Waals surface area contributed by atoms with E-state index in [9.17, 15) is 8.78 Å². The molecule has 3 aromatic heterocycles. The highest BCUT2D eigenvalue weighted by molar-refractivity contribution is 5.80. The Morgan fingerprint density at radius 1 is 1.09 bits per heavy atom. The van der Waals surface area contributed by atoms with Gasteiger partial charge in [0.15, 0.2) is 0 Å². The summed E-state index contributed by atoms with van der Waals surface area (Å²) in [6.45, 7) is -1.96. The molecule has 0 atom stereocenters. The number of nitrogens with zero attached hydrogens (tertiary/aromatic N) is 4. The van der Waals surface area contributed by atoms with E-state index in [0.29, 0.717) is 11.6 Å². The zero-order valence-corrected chi connectivity index (χ0v) is 11.8. The van der Waals surface area contributed by atoms with E-state index in [1.165, 1.54) is 12.4 Å². The SMILES string of the molecule is OCC(F)(F)CNc1cc(Nc2cc3[nH]ncc3cn2)ncn1. The second kappa shape index (κ2) is 6.08. The molecule has 0 spiro atoms. The van der Waals surface area contributed by atoms with Crippen LogP contribution in [0.25, 0.3) is 10.9 Å². The number of halogens is 2. The van der Waals surface area contributed by atoms with Gasteiger partial charge in [0.2, 0.25) is 0 Å². The van der Waals surface area contributed by atoms with Gasteiger partial charge in [0.25, 0.3) is 5.92 Å². The van der Waals surface area contributed by atoms with Crippen LogP contribution in [-0.2, 0) is 0 Å². The highest BCUT2D eigenvalue weighted by Crippen LogP contribution is 2.19. The Labute approximate surface area is 129 Å². The maximum Gasteiger partial charge on any atom is 0.287 e. The minimum Gasteiger partial charge on any atom is -0.390 e. The van der Waals surface area contributed by atoms with Gasteiger partial charge in [0, 0.05) is 23.7 Å². The summed E-state index contributed by atoms with van der Waals surface area (Å²) in [4.78, 5) is 12.0. The van der Waals surface area contributed by atoms with Crippen LogP contribution in [0.3, 0.4) is 0 Å². The van der Waals surface area contributed by atoms with Crippen molar-refractivity contribution in [1.29, 1.82) is 0 Å². The lowest BCUT2D eigenvalue weighted by atomic mass is 10.3. The van der Waals surface area contributed by atoms with Gasteiger partial charge < -0.3 is 15.7 Å². The molecule has 23 heavy (non-hydrogen) atoms. The number of rotatable bonds is 6. The number of anilines is 3. The van der Waals surface area contributed by atoms with Crippen molar-refractivity contribution >= 4 is 28.4 Å². The average molecular weight is 321 g/mol. The molecular formula is C13H13F2N7O. The highest BCUT2D eigenvalue weighted by Gasteiger charge is 2.27. The van der Waals surface area contributed by atoms with E-state index in [-0.39, 0.29) is 5.82 Å². The summed E-state index contributed by atoms with van der Waals surface area (Å²) < 4.78 is 26.0. The first kappa shape index (κ1) is 15.0. The van der Waals surface area contributed by atoms with Crippen LogP contribution < -0.4 is 10.6 Å². The molecule has 0 fully saturated rings. The summed E-state index contributed by atoms with van der Waals surface area (Å²) in [5, 5.41) is 21.5. The quantitative estimate of drug-likeness (QED) is 0.545. The maximum absolute atomic E-state index is 13.0. The number of aromatic nitrogens is 5. The van der Waals surface area contributed by atoms with Crippen molar-refractivity contribution in [2.24, 2.45) is 0 Å². The molecule has 3 rings (SSSR count). The molecule has 0 amide bonds. The minimum atomic E-state index is -3.22. The van der Waals surface area contributed by atoms with Gasteiger partial charge >= 0.3 is 0 Å². The molecule has 0 radical (unpaired) electrons. The molecule has 0 bridgehead atoms. The molecule has 0 saturated carbocycles. The molecule has 3 aromatic rings. The fourth-order valence-corrected chi connectivity index (χ4v) is 1.83. The maximum atomic E-state index is 13.0. The molecule has 4 N–H and O–H groups in total. The van der Waals surface area contributed by atoms with Crippen molar-refractivity contribution in [1.82, 2.24) is 25.1 Å².